The molecule has 0 aliphatic rings. The van der Waals surface area contributed by atoms with E-state index in [1.807, 2.05) is 22.7 Å². The molecule has 132 valence electrons. The van der Waals surface area contributed by atoms with Crippen LogP contribution in [0.5, 0.6) is 0 Å². The number of fused-ring (bicyclic) bond motifs is 1. The molecule has 0 aromatic carbocycles. The Balaban J connectivity index is 2.06. The van der Waals surface area contributed by atoms with Gasteiger partial charge < -0.3 is 10.6 Å². The molecule has 7 nitrogen and oxygen atoms in total. The molecule has 0 radical (unpaired) electrons. The third kappa shape index (κ3) is 3.70. The highest BCUT2D eigenvalue weighted by molar-refractivity contribution is 5.75. The van der Waals surface area contributed by atoms with Crippen molar-refractivity contribution in [2.75, 3.05) is 10.6 Å². The van der Waals surface area contributed by atoms with E-state index in [-0.39, 0.29) is 5.92 Å². The molecule has 0 saturated carbocycles. The summed E-state index contributed by atoms with van der Waals surface area (Å²) in [5.74, 6) is 1.90. The fraction of sp³-hybridized carbons (Fsp3) is 0.444. The molecule has 0 aliphatic heterocycles. The van der Waals surface area contributed by atoms with Gasteiger partial charge in [0, 0.05) is 36.1 Å². The molecule has 7 heteroatoms. The van der Waals surface area contributed by atoms with Gasteiger partial charge >= 0.3 is 0 Å². The molecule has 3 aromatic heterocycles. The van der Waals surface area contributed by atoms with Crippen molar-refractivity contribution in [3.8, 4) is 0 Å². The van der Waals surface area contributed by atoms with Crippen LogP contribution in [0.3, 0.4) is 0 Å². The first-order valence-corrected chi connectivity index (χ1v) is 8.82. The Morgan fingerprint density at radius 3 is 2.44 bits per heavy atom. The van der Waals surface area contributed by atoms with Crippen LogP contribution in [0, 0.1) is 0 Å². The number of anilines is 3. The molecule has 0 aliphatic carbocycles. The molecule has 0 fully saturated rings. The van der Waals surface area contributed by atoms with Crippen LogP contribution in [0.4, 0.5) is 17.2 Å². The lowest BCUT2D eigenvalue weighted by Gasteiger charge is -2.17. The molecule has 0 spiro atoms. The van der Waals surface area contributed by atoms with Crippen molar-refractivity contribution in [3.63, 3.8) is 0 Å². The number of rotatable bonds is 7. The quantitative estimate of drug-likeness (QED) is 0.677. The summed E-state index contributed by atoms with van der Waals surface area (Å²) in [5, 5.41) is 20.3. The molecule has 0 bridgehead atoms. The van der Waals surface area contributed by atoms with E-state index in [1.165, 1.54) is 0 Å². The maximum Gasteiger partial charge on any atom is 0.201 e. The van der Waals surface area contributed by atoms with E-state index in [4.69, 9.17) is 5.10 Å². The van der Waals surface area contributed by atoms with E-state index < -0.39 is 0 Å². The van der Waals surface area contributed by atoms with Crippen LogP contribution in [-0.4, -0.2) is 30.8 Å². The van der Waals surface area contributed by atoms with E-state index in [9.17, 15) is 0 Å². The number of aromatic nitrogens is 5. The molecule has 0 atom stereocenters. The number of hydrogen-bond donors (Lipinski definition) is 2. The van der Waals surface area contributed by atoms with Crippen molar-refractivity contribution in [1.29, 1.82) is 0 Å². The van der Waals surface area contributed by atoms with Crippen LogP contribution in [0.1, 0.15) is 52.3 Å². The molecule has 0 amide bonds. The van der Waals surface area contributed by atoms with Crippen LogP contribution >= 0.6 is 0 Å². The van der Waals surface area contributed by atoms with Crippen molar-refractivity contribution < 1.29 is 0 Å². The van der Waals surface area contributed by atoms with Gasteiger partial charge in [0.15, 0.2) is 5.82 Å². The Labute approximate surface area is 147 Å². The van der Waals surface area contributed by atoms with Crippen molar-refractivity contribution in [2.24, 2.45) is 0 Å². The molecular formula is C18H25N7. The highest BCUT2D eigenvalue weighted by atomic mass is 15.4. The number of hydrogen-bond acceptors (Lipinski definition) is 6. The van der Waals surface area contributed by atoms with Gasteiger partial charge in [-0.05, 0) is 25.0 Å². The Bertz CT molecular complexity index is 822. The Kier molecular flexibility index (Phi) is 5.11. The summed E-state index contributed by atoms with van der Waals surface area (Å²) < 4.78 is 1.83. The largest absolute Gasteiger partial charge is 0.366 e. The molecule has 3 aromatic rings. The summed E-state index contributed by atoms with van der Waals surface area (Å²) in [5.41, 5.74) is 2.54. The van der Waals surface area contributed by atoms with Gasteiger partial charge in [0.05, 0.1) is 5.69 Å². The summed E-state index contributed by atoms with van der Waals surface area (Å²) >= 11 is 0. The zero-order valence-corrected chi connectivity index (χ0v) is 15.2. The van der Waals surface area contributed by atoms with Crippen LogP contribution in [0.15, 0.2) is 30.6 Å². The maximum absolute atomic E-state index is 4.72. The predicted molar refractivity (Wildman–Crippen MR) is 100 cm³/mol. The van der Waals surface area contributed by atoms with Crippen molar-refractivity contribution in [1.82, 2.24) is 24.8 Å². The van der Waals surface area contributed by atoms with Crippen LogP contribution < -0.4 is 10.6 Å². The summed E-state index contributed by atoms with van der Waals surface area (Å²) in [6.45, 7) is 8.53. The molecule has 3 rings (SSSR count). The average Bonchev–Trinajstić information content (AvgIpc) is 3.05. The van der Waals surface area contributed by atoms with Gasteiger partial charge in [-0.15, -0.1) is 15.3 Å². The Morgan fingerprint density at radius 1 is 1.08 bits per heavy atom. The minimum Gasteiger partial charge on any atom is -0.366 e. The van der Waals surface area contributed by atoms with E-state index in [1.54, 1.807) is 12.4 Å². The van der Waals surface area contributed by atoms with Gasteiger partial charge in [-0.3, -0.25) is 4.98 Å². The van der Waals surface area contributed by atoms with E-state index >= 15 is 0 Å². The first kappa shape index (κ1) is 17.1. The second kappa shape index (κ2) is 7.46. The summed E-state index contributed by atoms with van der Waals surface area (Å²) in [4.78, 5) is 4.06. The van der Waals surface area contributed by atoms with Crippen molar-refractivity contribution in [3.05, 3.63) is 36.4 Å². The zero-order valence-electron chi connectivity index (χ0n) is 15.2. The van der Waals surface area contributed by atoms with Crippen LogP contribution in [0.2, 0.25) is 0 Å². The van der Waals surface area contributed by atoms with Crippen LogP contribution in [0.25, 0.3) is 5.65 Å². The fourth-order valence-corrected chi connectivity index (χ4v) is 2.71. The second-order valence-electron chi connectivity index (χ2n) is 6.41. The smallest absolute Gasteiger partial charge is 0.201 e. The average molecular weight is 339 g/mol. The zero-order chi connectivity index (χ0) is 17.8. The van der Waals surface area contributed by atoms with Crippen molar-refractivity contribution >= 4 is 22.8 Å². The maximum atomic E-state index is 4.72. The molecule has 0 unspecified atom stereocenters. The topological polar surface area (TPSA) is 80.0 Å². The van der Waals surface area contributed by atoms with E-state index in [0.29, 0.717) is 6.04 Å². The molecule has 0 saturated heterocycles. The van der Waals surface area contributed by atoms with Crippen LogP contribution in [-0.2, 0) is 0 Å². The minimum atomic E-state index is 0.236. The standard InChI is InChI=1S/C18H25N7/c1-5-13(6-2)21-16-11-15(20-14-7-9-19-10-8-14)18-23-22-17(12(3)4)25(18)24-16/h7-13H,5-6H2,1-4H3,(H,19,20)(H,21,24). The van der Waals surface area contributed by atoms with Gasteiger partial charge in [-0.2, -0.15) is 4.52 Å². The van der Waals surface area contributed by atoms with Gasteiger partial charge in [0.1, 0.15) is 5.82 Å². The lowest BCUT2D eigenvalue weighted by molar-refractivity contribution is 0.661. The highest BCUT2D eigenvalue weighted by Gasteiger charge is 2.16. The summed E-state index contributed by atoms with van der Waals surface area (Å²) in [6.07, 6.45) is 5.60. The summed E-state index contributed by atoms with van der Waals surface area (Å²) in [6, 6.07) is 6.22. The van der Waals surface area contributed by atoms with Crippen molar-refractivity contribution in [2.45, 2.75) is 52.5 Å². The first-order chi connectivity index (χ1) is 12.1. The number of nitrogens with one attached hydrogen (secondary N) is 2. The fourth-order valence-electron chi connectivity index (χ4n) is 2.71. The van der Waals surface area contributed by atoms with Gasteiger partial charge in [-0.25, -0.2) is 0 Å². The first-order valence-electron chi connectivity index (χ1n) is 8.82. The lowest BCUT2D eigenvalue weighted by atomic mass is 10.2. The molecule has 2 N–H and O–H groups in total. The third-order valence-electron chi connectivity index (χ3n) is 4.21. The number of pyridine rings is 1. The predicted octanol–water partition coefficient (Wildman–Crippen LogP) is 3.99. The van der Waals surface area contributed by atoms with E-state index in [0.717, 1.165) is 41.5 Å². The molecule has 25 heavy (non-hydrogen) atoms. The monoisotopic (exact) mass is 339 g/mol. The normalized spacial score (nSPS) is 11.4. The molecule has 3 heterocycles. The van der Waals surface area contributed by atoms with Gasteiger partial charge in [0.2, 0.25) is 5.65 Å². The molecular weight excluding hydrogens is 314 g/mol. The lowest BCUT2D eigenvalue weighted by Crippen LogP contribution is -2.19. The Morgan fingerprint density at radius 2 is 1.80 bits per heavy atom. The summed E-state index contributed by atoms with van der Waals surface area (Å²) in [7, 11) is 0. The van der Waals surface area contributed by atoms with E-state index in [2.05, 4.69) is 53.5 Å². The van der Waals surface area contributed by atoms with Gasteiger partial charge in [-0.1, -0.05) is 27.7 Å². The van der Waals surface area contributed by atoms with Gasteiger partial charge in [0.25, 0.3) is 0 Å². The second-order valence-corrected chi connectivity index (χ2v) is 6.41. The Hall–Kier alpha value is -2.70. The SMILES string of the molecule is CCC(CC)Nc1cc(Nc2ccncc2)c2nnc(C(C)C)n2n1. The highest BCUT2D eigenvalue weighted by Crippen LogP contribution is 2.25. The minimum absolute atomic E-state index is 0.236. The number of nitrogens with zero attached hydrogens (tertiary/aromatic N) is 5. The third-order valence-corrected chi connectivity index (χ3v) is 4.21.